The molecule has 5 rings (SSSR count). The predicted molar refractivity (Wildman–Crippen MR) is 155 cm³/mol. The van der Waals surface area contributed by atoms with Gasteiger partial charge in [0.05, 0.1) is 11.3 Å². The summed E-state index contributed by atoms with van der Waals surface area (Å²) in [5, 5.41) is 0. The van der Waals surface area contributed by atoms with Crippen LogP contribution in [0.2, 0.25) is 0 Å². The number of unbranched alkanes of at least 4 members (excludes halogenated alkanes) is 2. The molecular weight excluding hydrogens is 583 g/mol. The lowest BCUT2D eigenvalue weighted by atomic mass is 9.97. The normalized spacial score (nSPS) is 11.5. The second-order valence-corrected chi connectivity index (χ2v) is 10.3. The van der Waals surface area contributed by atoms with Gasteiger partial charge in [0.1, 0.15) is 17.4 Å². The molecule has 9 heteroatoms. The van der Waals surface area contributed by atoms with Crippen LogP contribution in [0.15, 0.2) is 91.1 Å². The summed E-state index contributed by atoms with van der Waals surface area (Å²) in [4.78, 5) is 4.46. The highest BCUT2D eigenvalue weighted by atomic mass is 19.3. The third kappa shape index (κ3) is 6.77. The number of hydrogen-bond donors (Lipinski definition) is 0. The lowest BCUT2D eigenvalue weighted by Crippen LogP contribution is -2.22. The summed E-state index contributed by atoms with van der Waals surface area (Å²) in [6, 6.07) is 17.5. The smallest absolute Gasteiger partial charge is 0.426 e. The Balaban J connectivity index is 1.31. The molecule has 0 aliphatic rings. The van der Waals surface area contributed by atoms with E-state index in [9.17, 15) is 22.0 Å². The van der Waals surface area contributed by atoms with Crippen LogP contribution >= 0.6 is 0 Å². The SMILES string of the molecule is CCCCCc1ccc(-c2ccc(-c3ccc(-c4ccc(C(F)(F)Oc5cc(F)c(F)c(F)c5)cc4)c(F)c3)c(F)c2)nc1. The van der Waals surface area contributed by atoms with E-state index in [1.165, 1.54) is 30.3 Å². The van der Waals surface area contributed by atoms with Crippen LogP contribution in [0.3, 0.4) is 0 Å². The fourth-order valence-electron chi connectivity index (χ4n) is 4.79. The number of ether oxygens (including phenoxy) is 1. The Morgan fingerprint density at radius 3 is 1.82 bits per heavy atom. The highest BCUT2D eigenvalue weighted by Gasteiger charge is 2.35. The molecule has 0 unspecified atom stereocenters. The number of halogens is 7. The molecule has 2 nitrogen and oxygen atoms in total. The third-order valence-corrected chi connectivity index (χ3v) is 7.17. The molecule has 0 bridgehead atoms. The van der Waals surface area contributed by atoms with Crippen molar-refractivity contribution in [3.8, 4) is 39.3 Å². The van der Waals surface area contributed by atoms with Crippen LogP contribution in [0, 0.1) is 29.1 Å². The Kier molecular flexibility index (Phi) is 9.04. The maximum absolute atomic E-state index is 15.2. The maximum Gasteiger partial charge on any atom is 0.426 e. The zero-order valence-corrected chi connectivity index (χ0v) is 23.5. The zero-order chi connectivity index (χ0) is 31.4. The topological polar surface area (TPSA) is 22.1 Å². The number of aryl methyl sites for hydroxylation is 1. The average molecular weight is 610 g/mol. The van der Waals surface area contributed by atoms with Gasteiger partial charge < -0.3 is 4.74 Å². The molecule has 0 radical (unpaired) electrons. The largest absolute Gasteiger partial charge is 0.429 e. The minimum absolute atomic E-state index is 0.0764. The molecule has 0 atom stereocenters. The lowest BCUT2D eigenvalue weighted by molar-refractivity contribution is -0.185. The molecule has 0 amide bonds. The van der Waals surface area contributed by atoms with Gasteiger partial charge >= 0.3 is 6.11 Å². The third-order valence-electron chi connectivity index (χ3n) is 7.17. The van der Waals surface area contributed by atoms with Gasteiger partial charge in [-0.1, -0.05) is 62.2 Å². The Hall–Kier alpha value is -4.66. The molecule has 226 valence electrons. The predicted octanol–water partition coefficient (Wildman–Crippen LogP) is 10.6. The summed E-state index contributed by atoms with van der Waals surface area (Å²) in [7, 11) is 0. The van der Waals surface area contributed by atoms with Gasteiger partial charge in [-0.25, -0.2) is 22.0 Å². The van der Waals surface area contributed by atoms with Crippen LogP contribution in [-0.2, 0) is 12.5 Å². The highest BCUT2D eigenvalue weighted by molar-refractivity contribution is 5.73. The van der Waals surface area contributed by atoms with Crippen molar-refractivity contribution in [3.63, 3.8) is 0 Å². The van der Waals surface area contributed by atoms with Crippen molar-refractivity contribution in [2.75, 3.05) is 0 Å². The quantitative estimate of drug-likeness (QED) is 0.0893. The summed E-state index contributed by atoms with van der Waals surface area (Å²) >= 11 is 0. The van der Waals surface area contributed by atoms with E-state index in [2.05, 4.69) is 16.6 Å². The average Bonchev–Trinajstić information content (AvgIpc) is 3.00. The molecule has 1 aromatic heterocycles. The molecule has 44 heavy (non-hydrogen) atoms. The van der Waals surface area contributed by atoms with Crippen molar-refractivity contribution in [3.05, 3.63) is 131 Å². The first-order valence-corrected chi connectivity index (χ1v) is 13.9. The van der Waals surface area contributed by atoms with Gasteiger partial charge in [-0.3, -0.25) is 4.98 Å². The number of rotatable bonds is 10. The van der Waals surface area contributed by atoms with Crippen molar-refractivity contribution >= 4 is 0 Å². The van der Waals surface area contributed by atoms with Crippen LogP contribution in [0.4, 0.5) is 30.7 Å². The number of pyridine rings is 1. The van der Waals surface area contributed by atoms with Crippen molar-refractivity contribution in [2.45, 2.75) is 38.7 Å². The molecule has 5 aromatic rings. The number of hydrogen-bond acceptors (Lipinski definition) is 2. The van der Waals surface area contributed by atoms with E-state index in [0.717, 1.165) is 49.4 Å². The van der Waals surface area contributed by atoms with Crippen molar-refractivity contribution in [1.29, 1.82) is 0 Å². The van der Waals surface area contributed by atoms with Crippen molar-refractivity contribution < 1.29 is 35.5 Å². The van der Waals surface area contributed by atoms with Crippen LogP contribution in [0.5, 0.6) is 5.75 Å². The molecule has 1 heterocycles. The summed E-state index contributed by atoms with van der Waals surface area (Å²) in [5.74, 6) is -7.35. The van der Waals surface area contributed by atoms with E-state index in [1.807, 2.05) is 12.1 Å². The van der Waals surface area contributed by atoms with E-state index in [1.54, 1.807) is 18.3 Å². The molecular formula is C35H26F7NO. The van der Waals surface area contributed by atoms with Gasteiger partial charge in [0.2, 0.25) is 0 Å². The van der Waals surface area contributed by atoms with Gasteiger partial charge in [0.15, 0.2) is 17.5 Å². The fourth-order valence-corrected chi connectivity index (χ4v) is 4.79. The van der Waals surface area contributed by atoms with Crippen LogP contribution in [0.25, 0.3) is 33.5 Å². The van der Waals surface area contributed by atoms with Gasteiger partial charge in [-0.05, 0) is 59.9 Å². The summed E-state index contributed by atoms with van der Waals surface area (Å²) < 4.78 is 104. The molecule has 0 saturated carbocycles. The highest BCUT2D eigenvalue weighted by Crippen LogP contribution is 2.35. The second-order valence-electron chi connectivity index (χ2n) is 10.3. The molecule has 0 aliphatic carbocycles. The molecule has 0 spiro atoms. The zero-order valence-electron chi connectivity index (χ0n) is 23.5. The Labute approximate surface area is 249 Å². The summed E-state index contributed by atoms with van der Waals surface area (Å²) in [6.07, 6.45) is 2.05. The fraction of sp³-hybridized carbons (Fsp3) is 0.171. The minimum Gasteiger partial charge on any atom is -0.429 e. The monoisotopic (exact) mass is 609 g/mol. The van der Waals surface area contributed by atoms with Crippen molar-refractivity contribution in [2.24, 2.45) is 0 Å². The maximum atomic E-state index is 15.2. The van der Waals surface area contributed by atoms with Crippen LogP contribution in [-0.4, -0.2) is 4.98 Å². The van der Waals surface area contributed by atoms with Crippen molar-refractivity contribution in [1.82, 2.24) is 4.98 Å². The molecule has 0 saturated heterocycles. The van der Waals surface area contributed by atoms with Gasteiger partial charge in [0.25, 0.3) is 0 Å². The first kappa shape index (κ1) is 30.8. The lowest BCUT2D eigenvalue weighted by Gasteiger charge is -2.19. The number of nitrogens with zero attached hydrogens (tertiary/aromatic N) is 1. The van der Waals surface area contributed by atoms with E-state index in [-0.39, 0.29) is 22.3 Å². The first-order chi connectivity index (χ1) is 21.1. The number of aromatic nitrogens is 1. The van der Waals surface area contributed by atoms with Gasteiger partial charge in [0, 0.05) is 35.0 Å². The van der Waals surface area contributed by atoms with Gasteiger partial charge in [-0.2, -0.15) is 8.78 Å². The first-order valence-electron chi connectivity index (χ1n) is 13.9. The standard InChI is InChI=1S/C35H26F7NO/c1-2-3-4-5-21-6-15-33(43-20-21)24-10-14-28(30(37)17-24)23-9-13-27(29(36)16-23)22-7-11-25(12-8-22)35(41,42)44-26-18-31(38)34(40)32(39)19-26/h6-20H,2-5H2,1H3. The van der Waals surface area contributed by atoms with Gasteiger partial charge in [-0.15, -0.1) is 0 Å². The van der Waals surface area contributed by atoms with Crippen LogP contribution in [0.1, 0.15) is 37.3 Å². The Morgan fingerprint density at radius 2 is 1.23 bits per heavy atom. The summed E-state index contributed by atoms with van der Waals surface area (Å²) in [6.45, 7) is 2.14. The molecule has 0 N–H and O–H groups in total. The summed E-state index contributed by atoms with van der Waals surface area (Å²) in [5.41, 5.74) is 2.41. The Bertz CT molecular complexity index is 1750. The number of alkyl halides is 2. The molecule has 0 aliphatic heterocycles. The molecule has 0 fully saturated rings. The number of benzene rings is 4. The second kappa shape index (κ2) is 12.9. The molecule has 4 aromatic carbocycles. The van der Waals surface area contributed by atoms with E-state index >= 15 is 8.78 Å². The minimum atomic E-state index is -4.03. The van der Waals surface area contributed by atoms with E-state index < -0.39 is 46.5 Å². The van der Waals surface area contributed by atoms with E-state index in [4.69, 9.17) is 0 Å². The van der Waals surface area contributed by atoms with Crippen LogP contribution < -0.4 is 4.74 Å². The van der Waals surface area contributed by atoms with E-state index in [0.29, 0.717) is 23.4 Å². The Morgan fingerprint density at radius 1 is 0.636 bits per heavy atom.